The highest BCUT2D eigenvalue weighted by molar-refractivity contribution is 14.0. The van der Waals surface area contributed by atoms with E-state index >= 15 is 0 Å². The number of amides is 1. The summed E-state index contributed by atoms with van der Waals surface area (Å²) in [6.07, 6.45) is 2.08. The van der Waals surface area contributed by atoms with Crippen LogP contribution < -0.4 is 10.6 Å². The van der Waals surface area contributed by atoms with Gasteiger partial charge in [0.2, 0.25) is 0 Å². The molecule has 1 heterocycles. The van der Waals surface area contributed by atoms with Gasteiger partial charge >= 0.3 is 6.09 Å². The van der Waals surface area contributed by atoms with Crippen LogP contribution in [0.2, 0.25) is 0 Å². The van der Waals surface area contributed by atoms with Crippen LogP contribution in [0.15, 0.2) is 4.99 Å². The molecule has 2 unspecified atom stereocenters. The average molecular weight is 495 g/mol. The van der Waals surface area contributed by atoms with Gasteiger partial charge in [0.15, 0.2) is 5.96 Å². The SMILES string of the molecule is CCNC(=NCCCN1CCN(C(=O)OC(C)(C)C)CC1)NC1CC1C.I. The lowest BCUT2D eigenvalue weighted by Gasteiger charge is -2.35. The molecule has 2 N–H and O–H groups in total. The van der Waals surface area contributed by atoms with Gasteiger partial charge in [-0.15, -0.1) is 24.0 Å². The fraction of sp³-hybridized carbons (Fsp3) is 0.895. The van der Waals surface area contributed by atoms with Crippen LogP contribution in [0, 0.1) is 5.92 Å². The van der Waals surface area contributed by atoms with E-state index in [1.807, 2.05) is 25.7 Å². The van der Waals surface area contributed by atoms with Gasteiger partial charge in [-0.3, -0.25) is 9.89 Å². The van der Waals surface area contributed by atoms with Gasteiger partial charge in [0, 0.05) is 51.9 Å². The zero-order chi connectivity index (χ0) is 19.2. The number of ether oxygens (including phenoxy) is 1. The Labute approximate surface area is 181 Å². The number of guanidine groups is 1. The first kappa shape index (κ1) is 24.3. The van der Waals surface area contributed by atoms with Gasteiger partial charge in [0.05, 0.1) is 0 Å². The molecule has 7 nitrogen and oxygen atoms in total. The summed E-state index contributed by atoms with van der Waals surface area (Å²) in [5.41, 5.74) is -0.428. The Hall–Kier alpha value is -0.770. The predicted molar refractivity (Wildman–Crippen MR) is 121 cm³/mol. The number of carbonyl (C=O) groups excluding carboxylic acids is 1. The van der Waals surface area contributed by atoms with E-state index in [1.54, 1.807) is 0 Å². The Morgan fingerprint density at radius 1 is 1.22 bits per heavy atom. The molecular weight excluding hydrogens is 457 g/mol. The summed E-state index contributed by atoms with van der Waals surface area (Å²) in [4.78, 5) is 21.0. The summed E-state index contributed by atoms with van der Waals surface area (Å²) in [6.45, 7) is 16.1. The van der Waals surface area contributed by atoms with E-state index in [0.29, 0.717) is 6.04 Å². The molecule has 2 aliphatic rings. The van der Waals surface area contributed by atoms with Gasteiger partial charge in [0.1, 0.15) is 5.60 Å². The van der Waals surface area contributed by atoms with Gasteiger partial charge in [0.25, 0.3) is 0 Å². The van der Waals surface area contributed by atoms with Crippen molar-refractivity contribution in [1.82, 2.24) is 20.4 Å². The molecule has 1 aliphatic carbocycles. The highest BCUT2D eigenvalue weighted by Crippen LogP contribution is 2.28. The van der Waals surface area contributed by atoms with Crippen LogP contribution in [-0.4, -0.2) is 79.3 Å². The fourth-order valence-corrected chi connectivity index (χ4v) is 2.98. The smallest absolute Gasteiger partial charge is 0.410 e. The largest absolute Gasteiger partial charge is 0.444 e. The Morgan fingerprint density at radius 2 is 1.85 bits per heavy atom. The Balaban J connectivity index is 0.00000364. The molecule has 2 atom stereocenters. The van der Waals surface area contributed by atoms with E-state index < -0.39 is 5.60 Å². The lowest BCUT2D eigenvalue weighted by molar-refractivity contribution is 0.0145. The molecule has 1 amide bonds. The standard InChI is InChI=1S/C19H37N5O2.HI/c1-6-20-17(22-16-14-15(16)2)21-8-7-9-23-10-12-24(13-11-23)18(25)26-19(3,4)5;/h15-16H,6-14H2,1-5H3,(H2,20,21,22);1H. The number of nitrogens with one attached hydrogen (secondary N) is 2. The second-order valence-electron chi connectivity index (χ2n) is 8.39. The van der Waals surface area contributed by atoms with Crippen LogP contribution in [0.4, 0.5) is 4.79 Å². The molecule has 0 radical (unpaired) electrons. The van der Waals surface area contributed by atoms with Gasteiger partial charge in [-0.1, -0.05) is 6.92 Å². The van der Waals surface area contributed by atoms with Crippen molar-refractivity contribution in [2.24, 2.45) is 10.9 Å². The molecule has 0 aromatic rings. The summed E-state index contributed by atoms with van der Waals surface area (Å²) in [5, 5.41) is 6.80. The van der Waals surface area contributed by atoms with E-state index in [-0.39, 0.29) is 30.1 Å². The molecule has 27 heavy (non-hydrogen) atoms. The van der Waals surface area contributed by atoms with Crippen molar-refractivity contribution in [3.63, 3.8) is 0 Å². The zero-order valence-electron chi connectivity index (χ0n) is 17.6. The van der Waals surface area contributed by atoms with Crippen LogP contribution in [0.25, 0.3) is 0 Å². The normalized spacial score (nSPS) is 23.4. The highest BCUT2D eigenvalue weighted by Gasteiger charge is 2.33. The number of halogens is 1. The van der Waals surface area contributed by atoms with Crippen LogP contribution in [0.3, 0.4) is 0 Å². The number of hydrogen-bond acceptors (Lipinski definition) is 4. The van der Waals surface area contributed by atoms with Gasteiger partial charge < -0.3 is 20.3 Å². The van der Waals surface area contributed by atoms with Crippen LogP contribution in [-0.2, 0) is 4.74 Å². The topological polar surface area (TPSA) is 69.2 Å². The number of carbonyl (C=O) groups is 1. The van der Waals surface area contributed by atoms with Crippen molar-refractivity contribution in [2.75, 3.05) is 45.8 Å². The summed E-state index contributed by atoms with van der Waals surface area (Å²) in [7, 11) is 0. The van der Waals surface area contributed by atoms with Gasteiger partial charge in [-0.25, -0.2) is 4.79 Å². The van der Waals surface area contributed by atoms with Gasteiger partial charge in [-0.2, -0.15) is 0 Å². The maximum atomic E-state index is 12.1. The van der Waals surface area contributed by atoms with Gasteiger partial charge in [-0.05, 0) is 46.5 Å². The maximum absolute atomic E-state index is 12.1. The summed E-state index contributed by atoms with van der Waals surface area (Å²) in [5.74, 6) is 1.71. The number of hydrogen-bond donors (Lipinski definition) is 2. The second-order valence-corrected chi connectivity index (χ2v) is 8.39. The van der Waals surface area contributed by atoms with E-state index in [4.69, 9.17) is 4.74 Å². The van der Waals surface area contributed by atoms with E-state index in [9.17, 15) is 4.79 Å². The van der Waals surface area contributed by atoms with Crippen molar-refractivity contribution in [3.05, 3.63) is 0 Å². The molecule has 8 heteroatoms. The van der Waals surface area contributed by atoms with Crippen molar-refractivity contribution in [2.45, 2.75) is 59.1 Å². The maximum Gasteiger partial charge on any atom is 0.410 e. The minimum atomic E-state index is -0.428. The molecular formula is C19H38IN5O2. The lowest BCUT2D eigenvalue weighted by atomic mass is 10.2. The number of rotatable bonds is 6. The Bertz CT molecular complexity index is 487. The molecule has 158 valence electrons. The number of piperazine rings is 1. The lowest BCUT2D eigenvalue weighted by Crippen LogP contribution is -2.50. The third-order valence-corrected chi connectivity index (χ3v) is 4.70. The molecule has 0 aromatic carbocycles. The third-order valence-electron chi connectivity index (χ3n) is 4.70. The molecule has 2 rings (SSSR count). The quantitative estimate of drug-likeness (QED) is 0.257. The Kier molecular flexibility index (Phi) is 10.1. The first-order valence-electron chi connectivity index (χ1n) is 10.0. The second kappa shape index (κ2) is 11.3. The summed E-state index contributed by atoms with van der Waals surface area (Å²) >= 11 is 0. The minimum Gasteiger partial charge on any atom is -0.444 e. The van der Waals surface area contributed by atoms with Crippen LogP contribution in [0.1, 0.15) is 47.5 Å². The molecule has 1 aliphatic heterocycles. The molecule has 0 aromatic heterocycles. The number of aliphatic imine (C=N–C) groups is 1. The molecule has 2 fully saturated rings. The molecule has 1 saturated heterocycles. The monoisotopic (exact) mass is 495 g/mol. The van der Waals surface area contributed by atoms with E-state index in [1.165, 1.54) is 6.42 Å². The van der Waals surface area contributed by atoms with Crippen LogP contribution in [0.5, 0.6) is 0 Å². The van der Waals surface area contributed by atoms with E-state index in [0.717, 1.165) is 64.1 Å². The first-order valence-corrected chi connectivity index (χ1v) is 10.0. The molecule has 0 bridgehead atoms. The van der Waals surface area contributed by atoms with E-state index in [2.05, 4.69) is 34.4 Å². The third kappa shape index (κ3) is 9.32. The predicted octanol–water partition coefficient (Wildman–Crippen LogP) is 2.51. The van der Waals surface area contributed by atoms with Crippen molar-refractivity contribution in [1.29, 1.82) is 0 Å². The molecule has 0 spiro atoms. The summed E-state index contributed by atoms with van der Waals surface area (Å²) in [6, 6.07) is 0.591. The van der Waals surface area contributed by atoms with Crippen molar-refractivity contribution < 1.29 is 9.53 Å². The van der Waals surface area contributed by atoms with Crippen molar-refractivity contribution >= 4 is 36.0 Å². The Morgan fingerprint density at radius 3 is 2.37 bits per heavy atom. The number of nitrogens with zero attached hydrogens (tertiary/aromatic N) is 3. The van der Waals surface area contributed by atoms with Crippen molar-refractivity contribution in [3.8, 4) is 0 Å². The average Bonchev–Trinajstić information content (AvgIpc) is 3.25. The zero-order valence-corrected chi connectivity index (χ0v) is 19.9. The molecule has 1 saturated carbocycles. The minimum absolute atomic E-state index is 0. The fourth-order valence-electron chi connectivity index (χ4n) is 2.98. The summed E-state index contributed by atoms with van der Waals surface area (Å²) < 4.78 is 5.44. The van der Waals surface area contributed by atoms with Crippen LogP contribution >= 0.6 is 24.0 Å². The first-order chi connectivity index (χ1) is 12.3. The highest BCUT2D eigenvalue weighted by atomic mass is 127.